The Labute approximate surface area is 172 Å². The molecule has 0 saturated heterocycles. The molecule has 12 heteroatoms. The van der Waals surface area contributed by atoms with Gasteiger partial charge in [0.1, 0.15) is 6.61 Å². The van der Waals surface area contributed by atoms with E-state index in [2.05, 4.69) is 34.9 Å². The number of pyridine rings is 1. The van der Waals surface area contributed by atoms with E-state index >= 15 is 0 Å². The van der Waals surface area contributed by atoms with Crippen molar-refractivity contribution in [3.8, 4) is 11.6 Å². The highest BCUT2D eigenvalue weighted by atomic mass is 19.4. The molecule has 1 N–H and O–H groups in total. The lowest BCUT2D eigenvalue weighted by Crippen LogP contribution is -2.23. The highest BCUT2D eigenvalue weighted by Crippen LogP contribution is 2.28. The van der Waals surface area contributed by atoms with Gasteiger partial charge in [-0.05, 0) is 12.1 Å². The van der Waals surface area contributed by atoms with Crippen molar-refractivity contribution in [1.29, 1.82) is 0 Å². The number of aromatic nitrogens is 5. The maximum atomic E-state index is 12.5. The first kappa shape index (κ1) is 20.2. The van der Waals surface area contributed by atoms with Crippen molar-refractivity contribution in [3.05, 3.63) is 65.9 Å². The van der Waals surface area contributed by atoms with Gasteiger partial charge in [-0.15, -0.1) is 0 Å². The van der Waals surface area contributed by atoms with Crippen molar-refractivity contribution in [3.63, 3.8) is 0 Å². The van der Waals surface area contributed by atoms with Gasteiger partial charge in [0.2, 0.25) is 11.6 Å². The number of ether oxygens (including phenoxy) is 1. The average Bonchev–Trinajstić information content (AvgIpc) is 3.27. The van der Waals surface area contributed by atoms with E-state index in [0.717, 1.165) is 16.5 Å². The van der Waals surface area contributed by atoms with Gasteiger partial charge in [-0.3, -0.25) is 4.98 Å². The number of hydrogen-bond acceptors (Lipinski definition) is 8. The third-order valence-electron chi connectivity index (χ3n) is 4.03. The van der Waals surface area contributed by atoms with Gasteiger partial charge >= 0.3 is 18.2 Å². The summed E-state index contributed by atoms with van der Waals surface area (Å²) < 4.78 is 46.8. The zero-order valence-corrected chi connectivity index (χ0v) is 15.6. The number of halogens is 3. The Balaban J connectivity index is 1.29. The minimum atomic E-state index is -4.75. The van der Waals surface area contributed by atoms with E-state index in [1.807, 2.05) is 30.3 Å². The zero-order chi connectivity index (χ0) is 21.8. The lowest BCUT2D eigenvalue weighted by molar-refractivity contribution is -0.159. The van der Waals surface area contributed by atoms with Crippen LogP contribution in [0.3, 0.4) is 0 Å². The summed E-state index contributed by atoms with van der Waals surface area (Å²) in [5, 5.41) is 6.67. The molecule has 4 rings (SSSR count). The molecule has 0 bridgehead atoms. The van der Waals surface area contributed by atoms with Gasteiger partial charge in [-0.25, -0.2) is 14.8 Å². The molecule has 31 heavy (non-hydrogen) atoms. The summed E-state index contributed by atoms with van der Waals surface area (Å²) >= 11 is 0. The quantitative estimate of drug-likeness (QED) is 0.511. The van der Waals surface area contributed by atoms with E-state index in [4.69, 9.17) is 4.74 Å². The summed E-state index contributed by atoms with van der Waals surface area (Å²) in [6, 6.07) is 9.45. The number of carbonyl (C=O) groups is 1. The van der Waals surface area contributed by atoms with Crippen molar-refractivity contribution < 1.29 is 27.2 Å². The van der Waals surface area contributed by atoms with Crippen LogP contribution in [0.15, 0.2) is 53.4 Å². The van der Waals surface area contributed by atoms with Gasteiger partial charge in [0.05, 0.1) is 5.52 Å². The number of carbonyl (C=O) groups excluding carboxylic acids is 1. The number of rotatable bonds is 5. The largest absolute Gasteiger partial charge is 0.471 e. The topological polar surface area (TPSA) is 116 Å². The second-order valence-electron chi connectivity index (χ2n) is 6.30. The Morgan fingerprint density at radius 2 is 1.77 bits per heavy atom. The fraction of sp³-hybridized carbons (Fsp3) is 0.158. The fourth-order valence-corrected chi connectivity index (χ4v) is 2.56. The molecule has 0 aliphatic carbocycles. The van der Waals surface area contributed by atoms with Crippen molar-refractivity contribution in [1.82, 2.24) is 30.4 Å². The van der Waals surface area contributed by atoms with Crippen molar-refractivity contribution >= 4 is 17.0 Å². The fourth-order valence-electron chi connectivity index (χ4n) is 2.56. The number of hydrogen-bond donors (Lipinski definition) is 1. The van der Waals surface area contributed by atoms with Crippen LogP contribution in [-0.2, 0) is 24.1 Å². The molecule has 0 fully saturated rings. The van der Waals surface area contributed by atoms with Gasteiger partial charge in [-0.1, -0.05) is 23.4 Å². The van der Waals surface area contributed by atoms with Crippen LogP contribution in [0.5, 0.6) is 0 Å². The first-order chi connectivity index (χ1) is 14.9. The Kier molecular flexibility index (Phi) is 5.43. The Bertz CT molecular complexity index is 1210. The summed E-state index contributed by atoms with van der Waals surface area (Å²) in [6.45, 7) is 0.0909. The lowest BCUT2D eigenvalue weighted by Gasteiger charge is -2.07. The molecule has 3 heterocycles. The SMILES string of the molecule is O=C(NCc1cnc(-c2noc(C(F)(F)F)n2)nc1)OCc1cnc2ccccc2c1. The highest BCUT2D eigenvalue weighted by Gasteiger charge is 2.38. The van der Waals surface area contributed by atoms with Crippen LogP contribution in [0, 0.1) is 0 Å². The Morgan fingerprint density at radius 1 is 1.03 bits per heavy atom. The molecule has 0 aliphatic heterocycles. The van der Waals surface area contributed by atoms with Crippen LogP contribution in [0.2, 0.25) is 0 Å². The van der Waals surface area contributed by atoms with Gasteiger partial charge in [0.15, 0.2) is 0 Å². The predicted octanol–water partition coefficient (Wildman–Crippen LogP) is 3.52. The third kappa shape index (κ3) is 4.91. The van der Waals surface area contributed by atoms with Gasteiger partial charge in [0, 0.05) is 41.6 Å². The van der Waals surface area contributed by atoms with Crippen molar-refractivity contribution in [2.45, 2.75) is 19.3 Å². The molecule has 1 amide bonds. The Morgan fingerprint density at radius 3 is 2.52 bits per heavy atom. The minimum absolute atomic E-state index is 0.0402. The molecule has 0 radical (unpaired) electrons. The monoisotopic (exact) mass is 430 g/mol. The first-order valence-corrected chi connectivity index (χ1v) is 8.85. The number of amides is 1. The van der Waals surface area contributed by atoms with E-state index in [0.29, 0.717) is 5.56 Å². The summed E-state index contributed by atoms with van der Waals surface area (Å²) in [6.07, 6.45) is -1.15. The maximum Gasteiger partial charge on any atom is 0.471 e. The molecular weight excluding hydrogens is 417 g/mol. The Hall–Kier alpha value is -4.09. The summed E-state index contributed by atoms with van der Waals surface area (Å²) in [4.78, 5) is 27.2. The number of alkyl carbamates (subject to hydrolysis) is 1. The molecule has 158 valence electrons. The molecule has 3 aromatic heterocycles. The maximum absolute atomic E-state index is 12.5. The number of nitrogens with one attached hydrogen (secondary N) is 1. The van der Waals surface area contributed by atoms with E-state index in [1.165, 1.54) is 12.4 Å². The molecule has 4 aromatic rings. The van der Waals surface area contributed by atoms with E-state index in [9.17, 15) is 18.0 Å². The summed E-state index contributed by atoms with van der Waals surface area (Å²) in [5.41, 5.74) is 2.07. The number of benzene rings is 1. The van der Waals surface area contributed by atoms with Crippen LogP contribution in [0.1, 0.15) is 17.0 Å². The van der Waals surface area contributed by atoms with E-state index in [1.54, 1.807) is 6.20 Å². The first-order valence-electron chi connectivity index (χ1n) is 8.85. The molecule has 0 saturated carbocycles. The number of para-hydroxylation sites is 1. The second kappa shape index (κ2) is 8.34. The lowest BCUT2D eigenvalue weighted by atomic mass is 10.2. The van der Waals surface area contributed by atoms with E-state index < -0.39 is 24.0 Å². The normalized spacial score (nSPS) is 11.5. The third-order valence-corrected chi connectivity index (χ3v) is 4.03. The highest BCUT2D eigenvalue weighted by molar-refractivity contribution is 5.78. The number of alkyl halides is 3. The standard InChI is InChI=1S/C19H13F3N6O3/c20-19(21,22)17-27-16(28-31-17)15-24-7-12(8-25-15)9-26-18(29)30-10-11-5-13-3-1-2-4-14(13)23-6-11/h1-8H,9-10H2,(H,26,29). The molecule has 0 spiro atoms. The molecule has 0 unspecified atom stereocenters. The van der Waals surface area contributed by atoms with Gasteiger partial charge in [0.25, 0.3) is 0 Å². The average molecular weight is 430 g/mol. The summed E-state index contributed by atoms with van der Waals surface area (Å²) in [7, 11) is 0. The van der Waals surface area contributed by atoms with Crippen LogP contribution < -0.4 is 5.32 Å². The molecule has 0 aliphatic rings. The second-order valence-corrected chi connectivity index (χ2v) is 6.30. The minimum Gasteiger partial charge on any atom is -0.445 e. The predicted molar refractivity (Wildman–Crippen MR) is 99.1 cm³/mol. The van der Waals surface area contributed by atoms with Crippen LogP contribution in [-0.4, -0.2) is 31.2 Å². The number of fused-ring (bicyclic) bond motifs is 1. The smallest absolute Gasteiger partial charge is 0.445 e. The van der Waals surface area contributed by atoms with Gasteiger partial charge in [-0.2, -0.15) is 18.2 Å². The van der Waals surface area contributed by atoms with Crippen LogP contribution in [0.4, 0.5) is 18.0 Å². The molecule has 0 atom stereocenters. The van der Waals surface area contributed by atoms with Crippen molar-refractivity contribution in [2.75, 3.05) is 0 Å². The van der Waals surface area contributed by atoms with Crippen LogP contribution >= 0.6 is 0 Å². The van der Waals surface area contributed by atoms with E-state index in [-0.39, 0.29) is 19.0 Å². The summed E-state index contributed by atoms with van der Waals surface area (Å²) in [5.74, 6) is -2.02. The van der Waals surface area contributed by atoms with Crippen molar-refractivity contribution in [2.24, 2.45) is 0 Å². The number of nitrogens with zero attached hydrogens (tertiary/aromatic N) is 5. The molecule has 1 aromatic carbocycles. The van der Waals surface area contributed by atoms with Crippen LogP contribution in [0.25, 0.3) is 22.6 Å². The molecular formula is C19H13F3N6O3. The van der Waals surface area contributed by atoms with Gasteiger partial charge < -0.3 is 14.6 Å². The zero-order valence-electron chi connectivity index (χ0n) is 15.6. The molecule has 9 nitrogen and oxygen atoms in total.